The van der Waals surface area contributed by atoms with Crippen LogP contribution in [0.2, 0.25) is 0 Å². The first-order valence-corrected chi connectivity index (χ1v) is 10.1. The van der Waals surface area contributed by atoms with Crippen LogP contribution in [-0.2, 0) is 0 Å². The third-order valence-corrected chi connectivity index (χ3v) is 5.87. The monoisotopic (exact) mass is 368 g/mol. The standard InChI is InChI=1S/C26H24O2/c27-17-24-22(19-10-4-1-5-11-19)16-23(20-12-6-2-7-13-20)26(25(24)18-28)21-14-8-3-9-15-21/h2-3,6-9,12-19H,1,4-5,10-11H2. The summed E-state index contributed by atoms with van der Waals surface area (Å²) in [6, 6.07) is 22.2. The summed E-state index contributed by atoms with van der Waals surface area (Å²) in [6.07, 6.45) is 7.53. The van der Waals surface area contributed by atoms with Gasteiger partial charge in [-0.1, -0.05) is 79.9 Å². The van der Waals surface area contributed by atoms with Gasteiger partial charge in [-0.2, -0.15) is 0 Å². The van der Waals surface area contributed by atoms with Gasteiger partial charge in [0.25, 0.3) is 0 Å². The molecule has 2 heteroatoms. The lowest BCUT2D eigenvalue weighted by Crippen LogP contribution is -2.11. The molecule has 0 atom stereocenters. The lowest BCUT2D eigenvalue weighted by molar-refractivity contribution is 0.109. The van der Waals surface area contributed by atoms with Gasteiger partial charge in [0.2, 0.25) is 0 Å². The molecule has 1 aliphatic rings. The van der Waals surface area contributed by atoms with Crippen LogP contribution in [0.3, 0.4) is 0 Å². The Bertz CT molecular complexity index is 968. The minimum atomic E-state index is 0.347. The Labute approximate surface area is 166 Å². The SMILES string of the molecule is O=Cc1c(C2CCCCC2)cc(-c2ccccc2)c(-c2ccccc2)c1C=O. The van der Waals surface area contributed by atoms with Gasteiger partial charge in [-0.3, -0.25) is 9.59 Å². The van der Waals surface area contributed by atoms with Crippen molar-refractivity contribution < 1.29 is 9.59 Å². The molecule has 0 amide bonds. The molecule has 0 aromatic heterocycles. The van der Waals surface area contributed by atoms with Crippen LogP contribution >= 0.6 is 0 Å². The van der Waals surface area contributed by atoms with E-state index in [1.165, 1.54) is 19.3 Å². The Morgan fingerprint density at radius 1 is 0.679 bits per heavy atom. The molecular weight excluding hydrogens is 344 g/mol. The lowest BCUT2D eigenvalue weighted by Gasteiger charge is -2.26. The van der Waals surface area contributed by atoms with E-state index in [9.17, 15) is 9.59 Å². The van der Waals surface area contributed by atoms with Crippen LogP contribution in [0.15, 0.2) is 66.7 Å². The average Bonchev–Trinajstić information content (AvgIpc) is 2.79. The molecule has 2 nitrogen and oxygen atoms in total. The van der Waals surface area contributed by atoms with Crippen LogP contribution < -0.4 is 0 Å². The van der Waals surface area contributed by atoms with Crippen molar-refractivity contribution in [3.63, 3.8) is 0 Å². The van der Waals surface area contributed by atoms with E-state index in [0.29, 0.717) is 17.0 Å². The van der Waals surface area contributed by atoms with Gasteiger partial charge in [0.05, 0.1) is 0 Å². The Balaban J connectivity index is 2.04. The largest absolute Gasteiger partial charge is 0.298 e. The van der Waals surface area contributed by atoms with Crippen LogP contribution in [0.4, 0.5) is 0 Å². The summed E-state index contributed by atoms with van der Waals surface area (Å²) in [5, 5.41) is 0. The van der Waals surface area contributed by atoms with E-state index in [2.05, 4.69) is 18.2 Å². The number of rotatable bonds is 5. The number of carbonyl (C=O) groups is 2. The molecule has 0 saturated heterocycles. The van der Waals surface area contributed by atoms with Gasteiger partial charge in [0.1, 0.15) is 0 Å². The van der Waals surface area contributed by atoms with Crippen LogP contribution in [0.25, 0.3) is 22.3 Å². The number of hydrogen-bond acceptors (Lipinski definition) is 2. The van der Waals surface area contributed by atoms with Crippen LogP contribution in [0, 0.1) is 0 Å². The van der Waals surface area contributed by atoms with Crippen LogP contribution in [0.5, 0.6) is 0 Å². The molecule has 3 aromatic carbocycles. The summed E-state index contributed by atoms with van der Waals surface area (Å²) in [6.45, 7) is 0. The van der Waals surface area contributed by atoms with Crippen molar-refractivity contribution in [3.05, 3.63) is 83.4 Å². The molecule has 0 aliphatic heterocycles. The first kappa shape index (κ1) is 18.4. The van der Waals surface area contributed by atoms with E-state index in [1.54, 1.807) is 0 Å². The zero-order valence-electron chi connectivity index (χ0n) is 15.9. The average molecular weight is 368 g/mol. The minimum Gasteiger partial charge on any atom is -0.298 e. The number of hydrogen-bond donors (Lipinski definition) is 0. The highest BCUT2D eigenvalue weighted by atomic mass is 16.1. The van der Waals surface area contributed by atoms with Crippen molar-refractivity contribution >= 4 is 12.6 Å². The van der Waals surface area contributed by atoms with Gasteiger partial charge in [-0.25, -0.2) is 0 Å². The molecule has 0 unspecified atom stereocenters. The molecule has 140 valence electrons. The zero-order chi connectivity index (χ0) is 19.3. The van der Waals surface area contributed by atoms with Gasteiger partial charge in [-0.05, 0) is 47.1 Å². The molecule has 0 radical (unpaired) electrons. The zero-order valence-corrected chi connectivity index (χ0v) is 15.9. The van der Waals surface area contributed by atoms with Crippen molar-refractivity contribution in [2.75, 3.05) is 0 Å². The predicted octanol–water partition coefficient (Wildman–Crippen LogP) is 6.69. The highest BCUT2D eigenvalue weighted by Crippen LogP contribution is 2.42. The summed E-state index contributed by atoms with van der Waals surface area (Å²) < 4.78 is 0. The van der Waals surface area contributed by atoms with E-state index in [-0.39, 0.29) is 0 Å². The third-order valence-electron chi connectivity index (χ3n) is 5.87. The maximum atomic E-state index is 12.2. The van der Waals surface area contributed by atoms with Gasteiger partial charge >= 0.3 is 0 Å². The maximum Gasteiger partial charge on any atom is 0.151 e. The second kappa shape index (κ2) is 8.35. The molecule has 4 rings (SSSR count). The molecule has 1 aliphatic carbocycles. The fraction of sp³-hybridized carbons (Fsp3) is 0.231. The second-order valence-corrected chi connectivity index (χ2v) is 7.52. The normalized spacial score (nSPS) is 14.6. The summed E-state index contributed by atoms with van der Waals surface area (Å²) >= 11 is 0. The third kappa shape index (κ3) is 3.43. The van der Waals surface area contributed by atoms with E-state index >= 15 is 0 Å². The molecule has 0 heterocycles. The molecule has 0 bridgehead atoms. The second-order valence-electron chi connectivity index (χ2n) is 7.52. The first-order chi connectivity index (χ1) is 13.8. The Morgan fingerprint density at radius 2 is 1.25 bits per heavy atom. The summed E-state index contributed by atoms with van der Waals surface area (Å²) in [5.41, 5.74) is 6.03. The Morgan fingerprint density at radius 3 is 1.82 bits per heavy atom. The highest BCUT2D eigenvalue weighted by molar-refractivity contribution is 6.03. The molecular formula is C26H24O2. The lowest BCUT2D eigenvalue weighted by atomic mass is 9.77. The number of carbonyl (C=O) groups excluding carboxylic acids is 2. The fourth-order valence-corrected chi connectivity index (χ4v) is 4.51. The van der Waals surface area contributed by atoms with Crippen molar-refractivity contribution in [2.24, 2.45) is 0 Å². The van der Waals surface area contributed by atoms with Gasteiger partial charge in [-0.15, -0.1) is 0 Å². The summed E-state index contributed by atoms with van der Waals surface area (Å²) in [4.78, 5) is 24.4. The molecule has 0 N–H and O–H groups in total. The molecule has 28 heavy (non-hydrogen) atoms. The van der Waals surface area contributed by atoms with Crippen LogP contribution in [-0.4, -0.2) is 12.6 Å². The summed E-state index contributed by atoms with van der Waals surface area (Å²) in [5.74, 6) is 0.347. The number of benzene rings is 3. The Kier molecular flexibility index (Phi) is 5.48. The topological polar surface area (TPSA) is 34.1 Å². The van der Waals surface area contributed by atoms with Gasteiger partial charge < -0.3 is 0 Å². The van der Waals surface area contributed by atoms with E-state index in [0.717, 1.165) is 53.2 Å². The van der Waals surface area contributed by atoms with E-state index in [1.807, 2.05) is 48.5 Å². The van der Waals surface area contributed by atoms with Crippen molar-refractivity contribution in [2.45, 2.75) is 38.0 Å². The Hall–Kier alpha value is -3.00. The van der Waals surface area contributed by atoms with Crippen molar-refractivity contribution in [1.82, 2.24) is 0 Å². The maximum absolute atomic E-state index is 12.2. The van der Waals surface area contributed by atoms with Crippen molar-refractivity contribution in [1.29, 1.82) is 0 Å². The van der Waals surface area contributed by atoms with Crippen LogP contribution in [0.1, 0.15) is 64.3 Å². The highest BCUT2D eigenvalue weighted by Gasteiger charge is 2.25. The van der Waals surface area contributed by atoms with E-state index in [4.69, 9.17) is 0 Å². The summed E-state index contributed by atoms with van der Waals surface area (Å²) in [7, 11) is 0. The smallest absolute Gasteiger partial charge is 0.151 e. The first-order valence-electron chi connectivity index (χ1n) is 10.1. The minimum absolute atomic E-state index is 0.347. The molecule has 1 saturated carbocycles. The van der Waals surface area contributed by atoms with Crippen molar-refractivity contribution in [3.8, 4) is 22.3 Å². The van der Waals surface area contributed by atoms with Gasteiger partial charge in [0, 0.05) is 16.7 Å². The predicted molar refractivity (Wildman–Crippen MR) is 114 cm³/mol. The molecule has 3 aromatic rings. The quantitative estimate of drug-likeness (QED) is 0.470. The van der Waals surface area contributed by atoms with Gasteiger partial charge in [0.15, 0.2) is 12.6 Å². The molecule has 1 fully saturated rings. The number of aldehydes is 2. The van der Waals surface area contributed by atoms with E-state index < -0.39 is 0 Å². The molecule has 0 spiro atoms. The fourth-order valence-electron chi connectivity index (χ4n) is 4.51.